The van der Waals surface area contributed by atoms with E-state index in [1.54, 1.807) is 0 Å². The van der Waals surface area contributed by atoms with E-state index in [4.69, 9.17) is 11.6 Å². The van der Waals surface area contributed by atoms with Crippen LogP contribution >= 0.6 is 11.6 Å². The zero-order valence-corrected chi connectivity index (χ0v) is 17.7. The number of carbonyl (C=O) groups excluding carboxylic acids is 1. The maximum absolute atomic E-state index is 13.0. The van der Waals surface area contributed by atoms with Crippen LogP contribution in [0, 0.1) is 5.82 Å². The van der Waals surface area contributed by atoms with Gasteiger partial charge in [0.2, 0.25) is 0 Å². The number of alkyl halides is 3. The van der Waals surface area contributed by atoms with E-state index >= 15 is 0 Å². The summed E-state index contributed by atoms with van der Waals surface area (Å²) in [6, 6.07) is 12.5. The number of hydrogen-bond acceptors (Lipinski definition) is 3. The third-order valence-corrected chi connectivity index (χ3v) is 6.01. The van der Waals surface area contributed by atoms with Crippen LogP contribution in [0.4, 0.5) is 23.2 Å². The van der Waals surface area contributed by atoms with E-state index in [1.165, 1.54) is 36.4 Å². The van der Waals surface area contributed by atoms with Crippen LogP contribution in [-0.4, -0.2) is 14.3 Å². The second kappa shape index (κ2) is 9.17. The van der Waals surface area contributed by atoms with E-state index in [0.717, 1.165) is 30.3 Å². The van der Waals surface area contributed by atoms with Crippen LogP contribution in [-0.2, 0) is 22.7 Å². The van der Waals surface area contributed by atoms with Crippen molar-refractivity contribution in [3.05, 3.63) is 94.3 Å². The Morgan fingerprint density at radius 1 is 0.969 bits per heavy atom. The van der Waals surface area contributed by atoms with Crippen LogP contribution in [0.2, 0.25) is 5.02 Å². The second-order valence-electron chi connectivity index (χ2n) is 6.63. The number of halogens is 5. The Morgan fingerprint density at radius 3 is 2.31 bits per heavy atom. The second-order valence-corrected chi connectivity index (χ2v) is 8.72. The van der Waals surface area contributed by atoms with Gasteiger partial charge in [0.15, 0.2) is 0 Å². The fourth-order valence-corrected chi connectivity index (χ4v) is 4.00. The van der Waals surface area contributed by atoms with E-state index in [-0.39, 0.29) is 33.3 Å². The van der Waals surface area contributed by atoms with Crippen LogP contribution in [0.5, 0.6) is 0 Å². The third-order valence-electron chi connectivity index (χ3n) is 4.30. The molecule has 0 aliphatic carbocycles. The lowest BCUT2D eigenvalue weighted by Crippen LogP contribution is -2.24. The first-order valence-corrected chi connectivity index (χ1v) is 10.8. The maximum atomic E-state index is 13.0. The summed E-state index contributed by atoms with van der Waals surface area (Å²) in [6.45, 7) is -0.232. The van der Waals surface area contributed by atoms with Crippen molar-refractivity contribution in [1.82, 2.24) is 5.32 Å². The van der Waals surface area contributed by atoms with Crippen LogP contribution in [0.15, 0.2) is 71.6 Å². The van der Waals surface area contributed by atoms with Crippen molar-refractivity contribution in [3.8, 4) is 0 Å². The summed E-state index contributed by atoms with van der Waals surface area (Å²) in [5.74, 6) is -1.31. The third kappa shape index (κ3) is 5.77. The van der Waals surface area contributed by atoms with E-state index in [2.05, 4.69) is 10.0 Å². The molecule has 0 spiro atoms. The highest BCUT2D eigenvalue weighted by Gasteiger charge is 2.30. The topological polar surface area (TPSA) is 75.3 Å². The molecule has 0 aliphatic rings. The Kier molecular flexibility index (Phi) is 6.75. The van der Waals surface area contributed by atoms with Gasteiger partial charge in [0.1, 0.15) is 5.82 Å². The maximum Gasteiger partial charge on any atom is 0.416 e. The zero-order chi connectivity index (χ0) is 23.5. The average Bonchev–Trinajstić information content (AvgIpc) is 2.73. The molecule has 0 aromatic heterocycles. The van der Waals surface area contributed by atoms with Crippen molar-refractivity contribution in [1.29, 1.82) is 0 Å². The lowest BCUT2D eigenvalue weighted by Gasteiger charge is -2.12. The number of rotatable bonds is 6. The number of anilines is 1. The van der Waals surface area contributed by atoms with E-state index < -0.39 is 33.5 Å². The molecule has 3 aromatic rings. The van der Waals surface area contributed by atoms with E-state index in [9.17, 15) is 30.8 Å². The monoisotopic (exact) mass is 486 g/mol. The normalized spacial score (nSPS) is 11.8. The molecule has 0 radical (unpaired) electrons. The predicted octanol–water partition coefficient (Wildman–Crippen LogP) is 5.23. The number of carbonyl (C=O) groups is 1. The van der Waals surface area contributed by atoms with Gasteiger partial charge in [-0.3, -0.25) is 9.52 Å². The highest BCUT2D eigenvalue weighted by atomic mass is 35.5. The minimum absolute atomic E-state index is 0.0488. The van der Waals surface area contributed by atoms with Gasteiger partial charge in [0, 0.05) is 12.2 Å². The quantitative estimate of drug-likeness (QED) is 0.469. The van der Waals surface area contributed by atoms with Gasteiger partial charge >= 0.3 is 6.18 Å². The van der Waals surface area contributed by atoms with Crippen molar-refractivity contribution in [2.45, 2.75) is 17.6 Å². The molecule has 0 aliphatic heterocycles. The molecule has 0 heterocycles. The van der Waals surface area contributed by atoms with Crippen LogP contribution < -0.4 is 10.0 Å². The summed E-state index contributed by atoms with van der Waals surface area (Å²) < 4.78 is 78.9. The molecule has 3 rings (SSSR count). The summed E-state index contributed by atoms with van der Waals surface area (Å²) in [7, 11) is -4.12. The Hall–Kier alpha value is -3.11. The highest BCUT2D eigenvalue weighted by molar-refractivity contribution is 7.92. The lowest BCUT2D eigenvalue weighted by molar-refractivity contribution is -0.137. The Bertz CT molecular complexity index is 1250. The number of benzene rings is 3. The molecule has 32 heavy (non-hydrogen) atoms. The largest absolute Gasteiger partial charge is 0.416 e. The molecule has 1 amide bonds. The van der Waals surface area contributed by atoms with Crippen LogP contribution in [0.3, 0.4) is 0 Å². The van der Waals surface area contributed by atoms with Gasteiger partial charge in [-0.15, -0.1) is 0 Å². The first-order chi connectivity index (χ1) is 15.0. The number of sulfonamides is 1. The first kappa shape index (κ1) is 23.6. The van der Waals surface area contributed by atoms with Crippen molar-refractivity contribution in [2.24, 2.45) is 0 Å². The Morgan fingerprint density at radius 2 is 1.66 bits per heavy atom. The van der Waals surface area contributed by atoms with Gasteiger partial charge in [0.25, 0.3) is 15.9 Å². The molecule has 0 bridgehead atoms. The van der Waals surface area contributed by atoms with Crippen molar-refractivity contribution in [2.75, 3.05) is 4.72 Å². The molecule has 0 saturated carbocycles. The van der Waals surface area contributed by atoms with Gasteiger partial charge < -0.3 is 5.32 Å². The van der Waals surface area contributed by atoms with E-state index in [1.807, 2.05) is 0 Å². The van der Waals surface area contributed by atoms with Crippen LogP contribution in [0.1, 0.15) is 21.5 Å². The molecular formula is C21H15ClF4N2O3S. The van der Waals surface area contributed by atoms with Crippen molar-refractivity contribution >= 4 is 33.2 Å². The molecule has 3 aromatic carbocycles. The molecule has 0 fully saturated rings. The van der Waals surface area contributed by atoms with Crippen molar-refractivity contribution in [3.63, 3.8) is 0 Å². The molecule has 11 heteroatoms. The number of amides is 1. The zero-order valence-electron chi connectivity index (χ0n) is 16.1. The minimum atomic E-state index is -4.52. The summed E-state index contributed by atoms with van der Waals surface area (Å²) in [5.41, 5.74) is -0.731. The Balaban J connectivity index is 1.78. The highest BCUT2D eigenvalue weighted by Crippen LogP contribution is 2.29. The lowest BCUT2D eigenvalue weighted by atomic mass is 10.1. The Labute approximate surface area is 186 Å². The van der Waals surface area contributed by atoms with Crippen LogP contribution in [0.25, 0.3) is 0 Å². The summed E-state index contributed by atoms with van der Waals surface area (Å²) in [5, 5.41) is 2.37. The molecular weight excluding hydrogens is 472 g/mol. The van der Waals surface area contributed by atoms with Crippen molar-refractivity contribution < 1.29 is 30.8 Å². The molecule has 5 nitrogen and oxygen atoms in total. The molecule has 168 valence electrons. The molecule has 2 N–H and O–H groups in total. The SMILES string of the molecule is O=C(NCc1cccc(C(F)(F)F)c1)c1cc(S(=O)(=O)Nc2ccc(F)cc2)ccc1Cl. The van der Waals surface area contributed by atoms with Gasteiger partial charge in [-0.2, -0.15) is 13.2 Å². The minimum Gasteiger partial charge on any atom is -0.348 e. The summed E-state index contributed by atoms with van der Waals surface area (Å²) >= 11 is 6.02. The molecule has 0 atom stereocenters. The number of nitrogens with one attached hydrogen (secondary N) is 2. The van der Waals surface area contributed by atoms with Gasteiger partial charge in [0.05, 0.1) is 21.0 Å². The summed E-state index contributed by atoms with van der Waals surface area (Å²) in [6.07, 6.45) is -4.52. The fraction of sp³-hybridized carbons (Fsp3) is 0.0952. The smallest absolute Gasteiger partial charge is 0.348 e. The average molecular weight is 487 g/mol. The number of hydrogen-bond donors (Lipinski definition) is 2. The molecule has 0 saturated heterocycles. The van der Waals surface area contributed by atoms with Gasteiger partial charge in [-0.1, -0.05) is 23.7 Å². The molecule has 0 unspecified atom stereocenters. The van der Waals surface area contributed by atoms with Gasteiger partial charge in [-0.25, -0.2) is 12.8 Å². The summed E-state index contributed by atoms with van der Waals surface area (Å²) in [4.78, 5) is 12.2. The standard InChI is InChI=1S/C21H15ClF4N2O3S/c22-19-9-8-17(32(30,31)28-16-6-4-15(23)5-7-16)11-18(19)20(29)27-12-13-2-1-3-14(10-13)21(24,25)26/h1-11,28H,12H2,(H,27,29). The predicted molar refractivity (Wildman–Crippen MR) is 111 cm³/mol. The first-order valence-electron chi connectivity index (χ1n) is 8.98. The fourth-order valence-electron chi connectivity index (χ4n) is 2.71. The van der Waals surface area contributed by atoms with Gasteiger partial charge in [-0.05, 0) is 60.2 Å². The van der Waals surface area contributed by atoms with E-state index in [0.29, 0.717) is 0 Å².